The number of allylic oxidation sites excluding steroid dienone is 1. The lowest BCUT2D eigenvalue weighted by atomic mass is 10.1. The molecule has 1 nitrogen and oxygen atoms in total. The van der Waals surface area contributed by atoms with E-state index >= 15 is 0 Å². The number of alkyl halides is 4. The first-order valence-corrected chi connectivity index (χ1v) is 5.76. The molecular formula is C11H11BrF3N. The highest BCUT2D eigenvalue weighted by molar-refractivity contribution is 9.09. The van der Waals surface area contributed by atoms with E-state index in [1.807, 2.05) is 0 Å². The molecule has 0 saturated carbocycles. The predicted octanol–water partition coefficient (Wildman–Crippen LogP) is 4.09. The minimum Gasteiger partial charge on any atom is -0.399 e. The lowest BCUT2D eigenvalue weighted by Gasteiger charge is -2.10. The van der Waals surface area contributed by atoms with Gasteiger partial charge in [-0.2, -0.15) is 13.2 Å². The molecule has 0 fully saturated rings. The molecule has 0 bridgehead atoms. The Bertz CT molecular complexity index is 385. The van der Waals surface area contributed by atoms with Gasteiger partial charge in [0.2, 0.25) is 0 Å². The Labute approximate surface area is 100 Å². The van der Waals surface area contributed by atoms with Crippen LogP contribution in [0.5, 0.6) is 0 Å². The predicted molar refractivity (Wildman–Crippen MR) is 63.3 cm³/mol. The second kappa shape index (κ2) is 5.39. The quantitative estimate of drug-likeness (QED) is 0.659. The first-order valence-electron chi connectivity index (χ1n) is 4.64. The number of halogens is 4. The maximum Gasteiger partial charge on any atom is 0.416 e. The van der Waals surface area contributed by atoms with Crippen molar-refractivity contribution in [3.8, 4) is 0 Å². The third-order valence-electron chi connectivity index (χ3n) is 1.95. The first-order chi connectivity index (χ1) is 7.45. The highest BCUT2D eigenvalue weighted by Crippen LogP contribution is 2.33. The lowest BCUT2D eigenvalue weighted by molar-refractivity contribution is -0.137. The molecule has 0 atom stereocenters. The van der Waals surface area contributed by atoms with Crippen LogP contribution in [0, 0.1) is 0 Å². The molecule has 2 N–H and O–H groups in total. The van der Waals surface area contributed by atoms with E-state index in [-0.39, 0.29) is 5.56 Å². The fraction of sp³-hybridized carbons (Fsp3) is 0.273. The summed E-state index contributed by atoms with van der Waals surface area (Å²) >= 11 is 3.20. The van der Waals surface area contributed by atoms with Crippen LogP contribution in [0.2, 0.25) is 0 Å². The van der Waals surface area contributed by atoms with Crippen molar-refractivity contribution in [2.75, 3.05) is 11.1 Å². The normalized spacial score (nSPS) is 12.2. The zero-order valence-electron chi connectivity index (χ0n) is 8.39. The highest BCUT2D eigenvalue weighted by atomic mass is 79.9. The zero-order chi connectivity index (χ0) is 12.2. The van der Waals surface area contributed by atoms with E-state index in [4.69, 9.17) is 5.73 Å². The fourth-order valence-electron chi connectivity index (χ4n) is 1.25. The van der Waals surface area contributed by atoms with Crippen LogP contribution in [0.4, 0.5) is 18.9 Å². The molecule has 0 amide bonds. The average molecular weight is 294 g/mol. The van der Waals surface area contributed by atoms with Crippen molar-refractivity contribution >= 4 is 27.7 Å². The number of benzene rings is 1. The van der Waals surface area contributed by atoms with E-state index in [1.165, 1.54) is 18.2 Å². The van der Waals surface area contributed by atoms with Crippen LogP contribution in [0.3, 0.4) is 0 Å². The third-order valence-corrected chi connectivity index (χ3v) is 2.41. The number of hydrogen-bond acceptors (Lipinski definition) is 1. The van der Waals surface area contributed by atoms with Gasteiger partial charge in [0.1, 0.15) is 0 Å². The lowest BCUT2D eigenvalue weighted by Crippen LogP contribution is -2.07. The van der Waals surface area contributed by atoms with E-state index in [2.05, 4.69) is 15.9 Å². The summed E-state index contributed by atoms with van der Waals surface area (Å²) in [6.45, 7) is 0. The van der Waals surface area contributed by atoms with Gasteiger partial charge in [-0.05, 0) is 30.2 Å². The summed E-state index contributed by atoms with van der Waals surface area (Å²) in [5.41, 5.74) is 5.24. The smallest absolute Gasteiger partial charge is 0.399 e. The summed E-state index contributed by atoms with van der Waals surface area (Å²) in [4.78, 5) is 0. The molecule has 0 heterocycles. The molecule has 0 aliphatic rings. The standard InChI is InChI=1S/C11H11BrF3N/c12-6-2-1-3-8-7-9(16)4-5-10(8)11(13,14)15/h1,3-5,7H,2,6,16H2. The Morgan fingerprint density at radius 1 is 1.31 bits per heavy atom. The van der Waals surface area contributed by atoms with Gasteiger partial charge in [0.25, 0.3) is 0 Å². The van der Waals surface area contributed by atoms with Crippen molar-refractivity contribution in [3.63, 3.8) is 0 Å². The van der Waals surface area contributed by atoms with Crippen LogP contribution < -0.4 is 5.73 Å². The number of nitrogen functional groups attached to an aromatic ring is 1. The van der Waals surface area contributed by atoms with Crippen LogP contribution in [0.25, 0.3) is 6.08 Å². The van der Waals surface area contributed by atoms with Gasteiger partial charge < -0.3 is 5.73 Å². The van der Waals surface area contributed by atoms with Crippen LogP contribution in [-0.2, 0) is 6.18 Å². The van der Waals surface area contributed by atoms with E-state index in [1.54, 1.807) is 6.08 Å². The van der Waals surface area contributed by atoms with E-state index < -0.39 is 11.7 Å². The molecule has 0 saturated heterocycles. The number of anilines is 1. The SMILES string of the molecule is Nc1ccc(C(F)(F)F)c(C=CCCBr)c1. The van der Waals surface area contributed by atoms with Crippen LogP contribution in [0.1, 0.15) is 17.5 Å². The summed E-state index contributed by atoms with van der Waals surface area (Å²) in [5.74, 6) is 0. The number of nitrogens with two attached hydrogens (primary N) is 1. The molecule has 1 rings (SSSR count). The van der Waals surface area contributed by atoms with Crippen molar-refractivity contribution in [1.82, 2.24) is 0 Å². The number of hydrogen-bond donors (Lipinski definition) is 1. The minimum absolute atomic E-state index is 0.105. The van der Waals surface area contributed by atoms with Crippen molar-refractivity contribution in [3.05, 3.63) is 35.4 Å². The number of rotatable bonds is 3. The van der Waals surface area contributed by atoms with Gasteiger partial charge in [0.05, 0.1) is 5.56 Å². The first kappa shape index (κ1) is 13.1. The van der Waals surface area contributed by atoms with Crippen molar-refractivity contribution in [2.45, 2.75) is 12.6 Å². The Morgan fingerprint density at radius 2 is 2.00 bits per heavy atom. The van der Waals surface area contributed by atoms with Crippen LogP contribution >= 0.6 is 15.9 Å². The Morgan fingerprint density at radius 3 is 2.56 bits per heavy atom. The molecule has 0 unspecified atom stereocenters. The summed E-state index contributed by atoms with van der Waals surface area (Å²) in [6, 6.07) is 3.58. The molecule has 0 aromatic heterocycles. The van der Waals surface area contributed by atoms with Crippen molar-refractivity contribution in [2.24, 2.45) is 0 Å². The average Bonchev–Trinajstić information content (AvgIpc) is 2.16. The van der Waals surface area contributed by atoms with Crippen molar-refractivity contribution < 1.29 is 13.2 Å². The third kappa shape index (κ3) is 3.56. The van der Waals surface area contributed by atoms with E-state index in [0.717, 1.165) is 6.07 Å². The van der Waals surface area contributed by atoms with Crippen LogP contribution in [-0.4, -0.2) is 5.33 Å². The van der Waals surface area contributed by atoms with Crippen molar-refractivity contribution in [1.29, 1.82) is 0 Å². The largest absolute Gasteiger partial charge is 0.416 e. The summed E-state index contributed by atoms with van der Waals surface area (Å²) in [7, 11) is 0. The van der Waals surface area contributed by atoms with E-state index in [0.29, 0.717) is 17.4 Å². The highest BCUT2D eigenvalue weighted by Gasteiger charge is 2.32. The van der Waals surface area contributed by atoms with Gasteiger partial charge in [0.15, 0.2) is 0 Å². The second-order valence-electron chi connectivity index (χ2n) is 3.22. The van der Waals surface area contributed by atoms with Gasteiger partial charge in [-0.15, -0.1) is 0 Å². The molecule has 88 valence electrons. The summed E-state index contributed by atoms with van der Waals surface area (Å²) in [5, 5.41) is 0.715. The second-order valence-corrected chi connectivity index (χ2v) is 4.02. The minimum atomic E-state index is -4.35. The maximum atomic E-state index is 12.6. The topological polar surface area (TPSA) is 26.0 Å². The molecule has 0 spiro atoms. The molecule has 0 radical (unpaired) electrons. The molecule has 5 heteroatoms. The van der Waals surface area contributed by atoms with E-state index in [9.17, 15) is 13.2 Å². The zero-order valence-corrected chi connectivity index (χ0v) is 9.98. The van der Waals surface area contributed by atoms with Gasteiger partial charge in [-0.1, -0.05) is 28.1 Å². The molecule has 0 aliphatic heterocycles. The van der Waals surface area contributed by atoms with Gasteiger partial charge in [0, 0.05) is 11.0 Å². The monoisotopic (exact) mass is 293 g/mol. The molecular weight excluding hydrogens is 283 g/mol. The molecule has 1 aromatic carbocycles. The summed E-state index contributed by atoms with van der Waals surface area (Å²) in [6.07, 6.45) is -0.549. The Balaban J connectivity index is 3.09. The molecule has 16 heavy (non-hydrogen) atoms. The molecule has 1 aromatic rings. The fourth-order valence-corrected chi connectivity index (χ4v) is 1.51. The maximum absolute atomic E-state index is 12.6. The summed E-state index contributed by atoms with van der Waals surface area (Å²) < 4.78 is 37.8. The van der Waals surface area contributed by atoms with Crippen LogP contribution in [0.15, 0.2) is 24.3 Å². The van der Waals surface area contributed by atoms with Gasteiger partial charge >= 0.3 is 6.18 Å². The Hall–Kier alpha value is -0.970. The molecule has 0 aliphatic carbocycles. The van der Waals surface area contributed by atoms with Gasteiger partial charge in [-0.3, -0.25) is 0 Å². The Kier molecular flexibility index (Phi) is 4.41. The van der Waals surface area contributed by atoms with Gasteiger partial charge in [-0.25, -0.2) is 0 Å².